The lowest BCUT2D eigenvalue weighted by molar-refractivity contribution is -0.145. The van der Waals surface area contributed by atoms with Crippen molar-refractivity contribution in [1.82, 2.24) is 9.80 Å². The molecule has 0 aromatic carbocycles. The molecule has 0 heterocycles. The number of amides is 1. The summed E-state index contributed by atoms with van der Waals surface area (Å²) in [6.07, 6.45) is 1.97. The number of carbonyl (C=O) groups is 2. The van der Waals surface area contributed by atoms with Crippen LogP contribution in [0.4, 0.5) is 0 Å². The highest BCUT2D eigenvalue weighted by Gasteiger charge is 2.36. The van der Waals surface area contributed by atoms with E-state index in [1.165, 1.54) is 0 Å². The van der Waals surface area contributed by atoms with Gasteiger partial charge in [-0.3, -0.25) is 14.5 Å². The van der Waals surface area contributed by atoms with Crippen molar-refractivity contribution < 1.29 is 19.8 Å². The van der Waals surface area contributed by atoms with Crippen LogP contribution in [0.25, 0.3) is 0 Å². The fourth-order valence-corrected chi connectivity index (χ4v) is 3.03. The normalized spacial score (nSPS) is 25.9. The van der Waals surface area contributed by atoms with E-state index in [2.05, 4.69) is 0 Å². The molecule has 1 amide bonds. The second-order valence-corrected chi connectivity index (χ2v) is 6.08. The Hall–Kier alpha value is -1.14. The first-order chi connectivity index (χ1) is 9.81. The Balaban J connectivity index is 2.45. The summed E-state index contributed by atoms with van der Waals surface area (Å²) in [7, 11) is 1.82. The van der Waals surface area contributed by atoms with E-state index in [4.69, 9.17) is 5.11 Å². The number of nitrogens with zero attached hydrogens (tertiary/aromatic N) is 2. The molecular weight excluding hydrogens is 272 g/mol. The molecule has 0 unspecified atom stereocenters. The second kappa shape index (κ2) is 7.75. The minimum Gasteiger partial charge on any atom is -0.481 e. The van der Waals surface area contributed by atoms with E-state index in [9.17, 15) is 14.7 Å². The molecule has 0 aromatic heterocycles. The van der Waals surface area contributed by atoms with Crippen LogP contribution in [-0.4, -0.2) is 70.7 Å². The summed E-state index contributed by atoms with van der Waals surface area (Å²) in [5.41, 5.74) is -0.871. The number of rotatable bonds is 7. The molecule has 1 saturated carbocycles. The summed E-state index contributed by atoms with van der Waals surface area (Å²) in [4.78, 5) is 26.6. The third kappa shape index (κ3) is 5.28. The molecule has 21 heavy (non-hydrogen) atoms. The van der Waals surface area contributed by atoms with Gasteiger partial charge >= 0.3 is 5.97 Å². The third-order valence-corrected chi connectivity index (χ3v) is 4.35. The van der Waals surface area contributed by atoms with Gasteiger partial charge in [0.1, 0.15) is 0 Å². The molecule has 1 aliphatic carbocycles. The minimum atomic E-state index is -0.871. The van der Waals surface area contributed by atoms with Crippen molar-refractivity contribution in [1.29, 1.82) is 0 Å². The van der Waals surface area contributed by atoms with Crippen LogP contribution in [0.5, 0.6) is 0 Å². The number of aliphatic hydroxyl groups is 1. The Morgan fingerprint density at radius 2 is 1.71 bits per heavy atom. The van der Waals surface area contributed by atoms with Gasteiger partial charge in [-0.05, 0) is 46.6 Å². The monoisotopic (exact) mass is 300 g/mol. The highest BCUT2D eigenvalue weighted by atomic mass is 16.4. The van der Waals surface area contributed by atoms with E-state index in [0.717, 1.165) is 0 Å². The van der Waals surface area contributed by atoms with Gasteiger partial charge in [-0.2, -0.15) is 0 Å². The maximum absolute atomic E-state index is 12.0. The van der Waals surface area contributed by atoms with Gasteiger partial charge in [0.05, 0.1) is 18.1 Å². The molecule has 0 bridgehead atoms. The van der Waals surface area contributed by atoms with Crippen LogP contribution < -0.4 is 0 Å². The highest BCUT2D eigenvalue weighted by molar-refractivity contribution is 5.78. The number of carbonyl (C=O) groups excluding carboxylic acids is 1. The number of aliphatic carboxylic acids is 1. The summed E-state index contributed by atoms with van der Waals surface area (Å²) in [6.45, 7) is 5.96. The Morgan fingerprint density at radius 1 is 1.19 bits per heavy atom. The maximum atomic E-state index is 12.0. The zero-order valence-corrected chi connectivity index (χ0v) is 13.3. The fourth-order valence-electron chi connectivity index (χ4n) is 3.03. The molecule has 0 spiro atoms. The lowest BCUT2D eigenvalue weighted by atomic mass is 9.78. The van der Waals surface area contributed by atoms with E-state index >= 15 is 0 Å². The van der Waals surface area contributed by atoms with E-state index < -0.39 is 11.6 Å². The highest BCUT2D eigenvalue weighted by Crippen LogP contribution is 2.32. The summed E-state index contributed by atoms with van der Waals surface area (Å²) < 4.78 is 0. The van der Waals surface area contributed by atoms with Crippen LogP contribution in [0, 0.1) is 5.92 Å². The largest absolute Gasteiger partial charge is 0.481 e. The lowest BCUT2D eigenvalue weighted by Gasteiger charge is -2.37. The second-order valence-electron chi connectivity index (χ2n) is 6.08. The van der Waals surface area contributed by atoms with E-state index in [-0.39, 0.29) is 18.4 Å². The Bertz CT molecular complexity index is 361. The van der Waals surface area contributed by atoms with Gasteiger partial charge in [0, 0.05) is 19.6 Å². The van der Waals surface area contributed by atoms with Crippen molar-refractivity contribution in [2.45, 2.75) is 45.1 Å². The minimum absolute atomic E-state index is 0.0605. The maximum Gasteiger partial charge on any atom is 0.306 e. The van der Waals surface area contributed by atoms with Crippen molar-refractivity contribution in [3.63, 3.8) is 0 Å². The first kappa shape index (κ1) is 17.9. The zero-order valence-electron chi connectivity index (χ0n) is 13.3. The van der Waals surface area contributed by atoms with Crippen molar-refractivity contribution in [3.05, 3.63) is 0 Å². The molecule has 6 nitrogen and oxygen atoms in total. The predicted molar refractivity (Wildman–Crippen MR) is 80.0 cm³/mol. The molecule has 0 saturated heterocycles. The van der Waals surface area contributed by atoms with Crippen LogP contribution in [-0.2, 0) is 9.59 Å². The summed E-state index contributed by atoms with van der Waals surface area (Å²) >= 11 is 0. The summed E-state index contributed by atoms with van der Waals surface area (Å²) in [6, 6.07) is 0. The van der Waals surface area contributed by atoms with Crippen molar-refractivity contribution >= 4 is 11.9 Å². The molecule has 6 heteroatoms. The van der Waals surface area contributed by atoms with Crippen LogP contribution in [0.15, 0.2) is 0 Å². The number of hydrogen-bond acceptors (Lipinski definition) is 4. The average Bonchev–Trinajstić information content (AvgIpc) is 2.39. The van der Waals surface area contributed by atoms with Crippen LogP contribution >= 0.6 is 0 Å². The Labute approximate surface area is 126 Å². The van der Waals surface area contributed by atoms with Gasteiger partial charge in [-0.25, -0.2) is 0 Å². The van der Waals surface area contributed by atoms with E-state index in [1.54, 1.807) is 4.90 Å². The molecular formula is C15H28N2O4. The van der Waals surface area contributed by atoms with Crippen molar-refractivity contribution in [3.8, 4) is 0 Å². The van der Waals surface area contributed by atoms with Gasteiger partial charge in [-0.15, -0.1) is 0 Å². The molecule has 1 fully saturated rings. The van der Waals surface area contributed by atoms with Crippen LogP contribution in [0.2, 0.25) is 0 Å². The quantitative estimate of drug-likeness (QED) is 0.726. The Morgan fingerprint density at radius 3 is 2.14 bits per heavy atom. The molecule has 122 valence electrons. The van der Waals surface area contributed by atoms with E-state index in [0.29, 0.717) is 45.3 Å². The molecule has 1 rings (SSSR count). The molecule has 0 aliphatic heterocycles. The SMILES string of the molecule is CCN(CC)C(=O)CN(C)CC1(O)CCC(C(=O)O)CC1. The molecule has 0 atom stereocenters. The molecule has 0 radical (unpaired) electrons. The van der Waals surface area contributed by atoms with E-state index in [1.807, 2.05) is 25.8 Å². The van der Waals surface area contributed by atoms with Crippen molar-refractivity contribution in [2.24, 2.45) is 5.92 Å². The Kier molecular flexibility index (Phi) is 6.61. The summed E-state index contributed by atoms with van der Waals surface area (Å²) in [5.74, 6) is -1.06. The average molecular weight is 300 g/mol. The topological polar surface area (TPSA) is 81.1 Å². The van der Waals surface area contributed by atoms with Gasteiger partial charge in [0.2, 0.25) is 5.91 Å². The van der Waals surface area contributed by atoms with Crippen LogP contribution in [0.3, 0.4) is 0 Å². The zero-order chi connectivity index (χ0) is 16.0. The number of carboxylic acid groups (broad SMARTS) is 1. The number of hydrogen-bond donors (Lipinski definition) is 2. The molecule has 0 aromatic rings. The first-order valence-electron chi connectivity index (χ1n) is 7.72. The lowest BCUT2D eigenvalue weighted by Crippen LogP contribution is -2.48. The fraction of sp³-hybridized carbons (Fsp3) is 0.867. The predicted octanol–water partition coefficient (Wildman–Crippen LogP) is 0.793. The number of carboxylic acids is 1. The van der Waals surface area contributed by atoms with Gasteiger partial charge in [-0.1, -0.05) is 0 Å². The molecule has 1 aliphatic rings. The summed E-state index contributed by atoms with van der Waals surface area (Å²) in [5, 5.41) is 19.5. The smallest absolute Gasteiger partial charge is 0.306 e. The van der Waals surface area contributed by atoms with Crippen LogP contribution in [0.1, 0.15) is 39.5 Å². The van der Waals surface area contributed by atoms with Gasteiger partial charge in [0.15, 0.2) is 0 Å². The standard InChI is InChI=1S/C15H28N2O4/c1-4-17(5-2)13(18)10-16(3)11-15(21)8-6-12(7-9-15)14(19)20/h12,21H,4-11H2,1-3H3,(H,19,20). The van der Waals surface area contributed by atoms with Gasteiger partial charge < -0.3 is 15.1 Å². The first-order valence-corrected chi connectivity index (χ1v) is 7.72. The third-order valence-electron chi connectivity index (χ3n) is 4.35. The molecule has 2 N–H and O–H groups in total. The van der Waals surface area contributed by atoms with Gasteiger partial charge in [0.25, 0.3) is 0 Å². The van der Waals surface area contributed by atoms with Crippen molar-refractivity contribution in [2.75, 3.05) is 33.2 Å². The number of likely N-dealkylation sites (N-methyl/N-ethyl adjacent to an activating group) is 2.